The summed E-state index contributed by atoms with van der Waals surface area (Å²) in [6.45, 7) is 5.93. The summed E-state index contributed by atoms with van der Waals surface area (Å²) in [5, 5.41) is 0. The Kier molecular flexibility index (Phi) is 7.28. The van der Waals surface area contributed by atoms with E-state index in [0.29, 0.717) is 19.6 Å². The molecule has 0 saturated heterocycles. The Morgan fingerprint density at radius 3 is 2.74 bits per heavy atom. The van der Waals surface area contributed by atoms with E-state index >= 15 is 0 Å². The molecule has 0 fully saturated rings. The molecule has 19 heavy (non-hydrogen) atoms. The van der Waals surface area contributed by atoms with Crippen molar-refractivity contribution in [2.75, 3.05) is 6.61 Å². The first-order valence-electron chi connectivity index (χ1n) is 6.30. The lowest BCUT2D eigenvalue weighted by Gasteiger charge is -2.14. The van der Waals surface area contributed by atoms with Crippen LogP contribution >= 0.6 is 0 Å². The fraction of sp³-hybridized carbons (Fsp3) is 0.312. The van der Waals surface area contributed by atoms with Crippen LogP contribution in [0.2, 0.25) is 0 Å². The minimum atomic E-state index is -0.269. The highest BCUT2D eigenvalue weighted by Crippen LogP contribution is 2.08. The number of rotatable bonds is 8. The van der Waals surface area contributed by atoms with Crippen molar-refractivity contribution < 1.29 is 14.3 Å². The molecule has 0 radical (unpaired) electrons. The largest absolute Gasteiger partial charge is 0.466 e. The van der Waals surface area contributed by atoms with Gasteiger partial charge in [-0.2, -0.15) is 0 Å². The fourth-order valence-corrected chi connectivity index (χ4v) is 1.53. The Hall–Kier alpha value is -1.87. The molecule has 0 aromatic heterocycles. The van der Waals surface area contributed by atoms with Crippen LogP contribution in [0, 0.1) is 0 Å². The first kappa shape index (κ1) is 15.2. The molecule has 102 valence electrons. The quantitative estimate of drug-likeness (QED) is 0.531. The van der Waals surface area contributed by atoms with Gasteiger partial charge in [0.1, 0.15) is 0 Å². The summed E-state index contributed by atoms with van der Waals surface area (Å²) in [5.74, 6) is -0.269. The second-order valence-corrected chi connectivity index (χ2v) is 4.08. The predicted octanol–water partition coefficient (Wildman–Crippen LogP) is 3.27. The van der Waals surface area contributed by atoms with Crippen LogP contribution in [-0.2, 0) is 20.9 Å². The molecule has 0 aliphatic heterocycles. The smallest absolute Gasteiger partial charge is 0.302 e. The van der Waals surface area contributed by atoms with Crippen molar-refractivity contribution in [2.24, 2.45) is 0 Å². The van der Waals surface area contributed by atoms with Crippen LogP contribution in [0.5, 0.6) is 0 Å². The molecule has 1 atom stereocenters. The van der Waals surface area contributed by atoms with Gasteiger partial charge in [0, 0.05) is 13.3 Å². The van der Waals surface area contributed by atoms with Gasteiger partial charge in [-0.05, 0) is 5.56 Å². The minimum absolute atomic E-state index is 0.0856. The summed E-state index contributed by atoms with van der Waals surface area (Å²) >= 11 is 0. The first-order valence-corrected chi connectivity index (χ1v) is 6.30. The summed E-state index contributed by atoms with van der Waals surface area (Å²) in [6, 6.07) is 9.96. The maximum absolute atomic E-state index is 10.7. The zero-order valence-corrected chi connectivity index (χ0v) is 11.2. The van der Waals surface area contributed by atoms with Gasteiger partial charge in [0.05, 0.1) is 19.3 Å². The van der Waals surface area contributed by atoms with E-state index in [9.17, 15) is 4.79 Å². The monoisotopic (exact) mass is 260 g/mol. The van der Waals surface area contributed by atoms with Crippen LogP contribution < -0.4 is 0 Å². The van der Waals surface area contributed by atoms with E-state index in [2.05, 4.69) is 6.58 Å². The van der Waals surface area contributed by atoms with Crippen molar-refractivity contribution in [3.8, 4) is 0 Å². The predicted molar refractivity (Wildman–Crippen MR) is 75.6 cm³/mol. The number of ether oxygens (including phenoxy) is 2. The molecule has 1 aromatic rings. The van der Waals surface area contributed by atoms with E-state index in [0.717, 1.165) is 5.56 Å². The lowest BCUT2D eigenvalue weighted by atomic mass is 10.2. The van der Waals surface area contributed by atoms with Crippen molar-refractivity contribution in [2.45, 2.75) is 26.1 Å². The third-order valence-corrected chi connectivity index (χ3v) is 2.48. The lowest BCUT2D eigenvalue weighted by molar-refractivity contribution is -0.141. The van der Waals surface area contributed by atoms with Crippen LogP contribution in [-0.4, -0.2) is 18.7 Å². The molecule has 1 aromatic carbocycles. The van der Waals surface area contributed by atoms with Crippen LogP contribution in [0.1, 0.15) is 18.9 Å². The molecule has 0 bridgehead atoms. The van der Waals surface area contributed by atoms with Crippen LogP contribution in [0.15, 0.2) is 55.1 Å². The maximum Gasteiger partial charge on any atom is 0.302 e. The van der Waals surface area contributed by atoms with Gasteiger partial charge < -0.3 is 9.47 Å². The molecule has 0 aliphatic rings. The third kappa shape index (κ3) is 7.21. The zero-order valence-electron chi connectivity index (χ0n) is 11.2. The number of esters is 1. The van der Waals surface area contributed by atoms with E-state index in [4.69, 9.17) is 9.47 Å². The second kappa shape index (κ2) is 9.11. The molecule has 0 aliphatic carbocycles. The normalized spacial score (nSPS) is 12.3. The van der Waals surface area contributed by atoms with Gasteiger partial charge in [0.25, 0.3) is 0 Å². The van der Waals surface area contributed by atoms with E-state index in [1.165, 1.54) is 6.92 Å². The Morgan fingerprint density at radius 1 is 1.37 bits per heavy atom. The van der Waals surface area contributed by atoms with Crippen molar-refractivity contribution >= 4 is 5.97 Å². The maximum atomic E-state index is 10.7. The van der Waals surface area contributed by atoms with E-state index < -0.39 is 0 Å². The van der Waals surface area contributed by atoms with E-state index in [1.54, 1.807) is 6.08 Å². The average Bonchev–Trinajstić information content (AvgIpc) is 2.42. The molecule has 0 spiro atoms. The molecule has 1 rings (SSSR count). The van der Waals surface area contributed by atoms with E-state index in [-0.39, 0.29) is 12.1 Å². The summed E-state index contributed by atoms with van der Waals surface area (Å²) < 4.78 is 10.7. The summed E-state index contributed by atoms with van der Waals surface area (Å²) in [5.41, 5.74) is 1.12. The Bertz CT molecular complexity index is 409. The van der Waals surface area contributed by atoms with Gasteiger partial charge in [-0.1, -0.05) is 55.1 Å². The standard InChI is InChI=1S/C16H20O3/c1-3-4-10-16(11-12-18-14(2)17)19-13-15-8-6-5-7-9-15/h3-10,16H,1,11-13H2,2H3/b10-4+. The number of carbonyl (C=O) groups excluding carboxylic acids is 1. The highest BCUT2D eigenvalue weighted by molar-refractivity contribution is 5.65. The highest BCUT2D eigenvalue weighted by Gasteiger charge is 2.06. The van der Waals surface area contributed by atoms with Crippen molar-refractivity contribution in [1.82, 2.24) is 0 Å². The number of allylic oxidation sites excluding steroid dienone is 2. The lowest BCUT2D eigenvalue weighted by Crippen LogP contribution is -2.14. The molecule has 1 unspecified atom stereocenters. The topological polar surface area (TPSA) is 35.5 Å². The van der Waals surface area contributed by atoms with Gasteiger partial charge in [-0.15, -0.1) is 0 Å². The molecule has 0 saturated carbocycles. The van der Waals surface area contributed by atoms with Gasteiger partial charge in [0.15, 0.2) is 0 Å². The van der Waals surface area contributed by atoms with Crippen molar-refractivity contribution in [1.29, 1.82) is 0 Å². The SMILES string of the molecule is C=C/C=C/C(CCOC(C)=O)OCc1ccccc1. The first-order chi connectivity index (χ1) is 9.22. The number of hydrogen-bond acceptors (Lipinski definition) is 3. The Morgan fingerprint density at radius 2 is 2.11 bits per heavy atom. The van der Waals surface area contributed by atoms with Gasteiger partial charge in [-0.3, -0.25) is 4.79 Å². The third-order valence-electron chi connectivity index (χ3n) is 2.48. The van der Waals surface area contributed by atoms with Gasteiger partial charge in [0.2, 0.25) is 0 Å². The van der Waals surface area contributed by atoms with Crippen LogP contribution in [0.4, 0.5) is 0 Å². The van der Waals surface area contributed by atoms with Crippen LogP contribution in [0.3, 0.4) is 0 Å². The number of hydrogen-bond donors (Lipinski definition) is 0. The Balaban J connectivity index is 2.42. The molecule has 0 heterocycles. The number of carbonyl (C=O) groups is 1. The molecule has 3 nitrogen and oxygen atoms in total. The second-order valence-electron chi connectivity index (χ2n) is 4.08. The summed E-state index contributed by atoms with van der Waals surface area (Å²) in [4.78, 5) is 10.7. The van der Waals surface area contributed by atoms with E-state index in [1.807, 2.05) is 42.5 Å². The number of benzene rings is 1. The minimum Gasteiger partial charge on any atom is -0.466 e. The van der Waals surface area contributed by atoms with Crippen molar-refractivity contribution in [3.05, 3.63) is 60.7 Å². The fourth-order valence-electron chi connectivity index (χ4n) is 1.53. The summed E-state index contributed by atoms with van der Waals surface area (Å²) in [7, 11) is 0. The van der Waals surface area contributed by atoms with Crippen LogP contribution in [0.25, 0.3) is 0 Å². The molecule has 0 N–H and O–H groups in total. The highest BCUT2D eigenvalue weighted by atomic mass is 16.5. The molecule has 3 heteroatoms. The van der Waals surface area contributed by atoms with Gasteiger partial charge >= 0.3 is 5.97 Å². The Labute approximate surface area is 114 Å². The average molecular weight is 260 g/mol. The zero-order chi connectivity index (χ0) is 13.9. The van der Waals surface area contributed by atoms with Crippen molar-refractivity contribution in [3.63, 3.8) is 0 Å². The van der Waals surface area contributed by atoms with Gasteiger partial charge in [-0.25, -0.2) is 0 Å². The molecular weight excluding hydrogens is 240 g/mol. The summed E-state index contributed by atoms with van der Waals surface area (Å²) in [6.07, 6.45) is 6.00. The molecule has 0 amide bonds. The molecular formula is C16H20O3.